The van der Waals surface area contributed by atoms with Gasteiger partial charge in [0.05, 0.1) is 11.9 Å². The second kappa shape index (κ2) is 3.90. The number of benzene rings is 1. The van der Waals surface area contributed by atoms with Crippen LogP contribution in [0.2, 0.25) is 5.15 Å². The van der Waals surface area contributed by atoms with Gasteiger partial charge in [-0.3, -0.25) is 0 Å². The van der Waals surface area contributed by atoms with Crippen LogP contribution in [0.4, 0.5) is 13.2 Å². The molecule has 2 aromatic rings. The van der Waals surface area contributed by atoms with Gasteiger partial charge in [-0.1, -0.05) is 17.7 Å². The van der Waals surface area contributed by atoms with Gasteiger partial charge in [0.1, 0.15) is 11.5 Å². The molecule has 1 heterocycles. The number of hydrogen-bond acceptors (Lipinski definition) is 2. The van der Waals surface area contributed by atoms with Gasteiger partial charge in [0, 0.05) is 5.39 Å². The van der Waals surface area contributed by atoms with Crippen molar-refractivity contribution in [2.75, 3.05) is 0 Å². The van der Waals surface area contributed by atoms with E-state index in [0.717, 1.165) is 0 Å². The highest BCUT2D eigenvalue weighted by Gasteiger charge is 2.27. The average molecular weight is 247 g/mol. The molecule has 6 heteroatoms. The van der Waals surface area contributed by atoms with E-state index in [1.807, 2.05) is 0 Å². The zero-order valence-corrected chi connectivity index (χ0v) is 8.68. The standard InChI is InChI=1S/C10H6ClF3N2/c11-9-7-3-6(4-10(12,13)14)1-2-8(7)15-5-16-9/h1-3,5H,4H2. The minimum absolute atomic E-state index is 0.150. The van der Waals surface area contributed by atoms with Crippen molar-refractivity contribution < 1.29 is 13.2 Å². The van der Waals surface area contributed by atoms with Crippen molar-refractivity contribution in [1.82, 2.24) is 9.97 Å². The van der Waals surface area contributed by atoms with Gasteiger partial charge in [-0.15, -0.1) is 0 Å². The second-order valence-electron chi connectivity index (χ2n) is 3.31. The summed E-state index contributed by atoms with van der Waals surface area (Å²) < 4.78 is 36.5. The third-order valence-corrected chi connectivity index (χ3v) is 2.36. The first-order chi connectivity index (χ1) is 7.46. The van der Waals surface area contributed by atoms with E-state index in [1.54, 1.807) is 0 Å². The van der Waals surface area contributed by atoms with Gasteiger partial charge in [0.25, 0.3) is 0 Å². The zero-order chi connectivity index (χ0) is 11.8. The van der Waals surface area contributed by atoms with Crippen LogP contribution in [0.1, 0.15) is 5.56 Å². The molecule has 1 aromatic carbocycles. The predicted molar refractivity (Wildman–Crippen MR) is 54.3 cm³/mol. The number of alkyl halides is 3. The van der Waals surface area contributed by atoms with E-state index in [1.165, 1.54) is 24.5 Å². The molecule has 0 saturated carbocycles. The molecule has 0 N–H and O–H groups in total. The first-order valence-electron chi connectivity index (χ1n) is 4.41. The van der Waals surface area contributed by atoms with Crippen molar-refractivity contribution in [1.29, 1.82) is 0 Å². The Hall–Kier alpha value is -1.36. The van der Waals surface area contributed by atoms with Gasteiger partial charge in [0.15, 0.2) is 0 Å². The number of halogens is 4. The fourth-order valence-electron chi connectivity index (χ4n) is 1.41. The highest BCUT2D eigenvalue weighted by Crippen LogP contribution is 2.25. The van der Waals surface area contributed by atoms with Crippen molar-refractivity contribution in [2.45, 2.75) is 12.6 Å². The summed E-state index contributed by atoms with van der Waals surface area (Å²) in [6, 6.07) is 4.26. The summed E-state index contributed by atoms with van der Waals surface area (Å²) in [7, 11) is 0. The molecule has 0 unspecified atom stereocenters. The van der Waals surface area contributed by atoms with Gasteiger partial charge < -0.3 is 0 Å². The summed E-state index contributed by atoms with van der Waals surface area (Å²) in [4.78, 5) is 7.62. The Morgan fingerprint density at radius 3 is 2.62 bits per heavy atom. The van der Waals surface area contributed by atoms with Crippen LogP contribution in [0.5, 0.6) is 0 Å². The normalized spacial score (nSPS) is 12.0. The predicted octanol–water partition coefficient (Wildman–Crippen LogP) is 3.39. The number of nitrogens with zero attached hydrogens (tertiary/aromatic N) is 2. The monoisotopic (exact) mass is 246 g/mol. The summed E-state index contributed by atoms with van der Waals surface area (Å²) in [6.45, 7) is 0. The molecule has 0 aliphatic heterocycles. The third kappa shape index (κ3) is 2.41. The van der Waals surface area contributed by atoms with Gasteiger partial charge >= 0.3 is 6.18 Å². The molecule has 84 valence electrons. The molecule has 16 heavy (non-hydrogen) atoms. The van der Waals surface area contributed by atoms with Crippen LogP contribution < -0.4 is 0 Å². The van der Waals surface area contributed by atoms with Crippen LogP contribution in [-0.2, 0) is 6.42 Å². The van der Waals surface area contributed by atoms with Gasteiger partial charge in [-0.05, 0) is 17.7 Å². The molecule has 0 atom stereocenters. The Balaban J connectivity index is 2.47. The molecule has 0 aliphatic carbocycles. The van der Waals surface area contributed by atoms with E-state index in [2.05, 4.69) is 9.97 Å². The molecule has 0 fully saturated rings. The smallest absolute Gasteiger partial charge is 0.236 e. The zero-order valence-electron chi connectivity index (χ0n) is 7.92. The minimum Gasteiger partial charge on any atom is -0.236 e. The maximum Gasteiger partial charge on any atom is 0.393 e. The van der Waals surface area contributed by atoms with E-state index in [9.17, 15) is 13.2 Å². The van der Waals surface area contributed by atoms with E-state index in [4.69, 9.17) is 11.6 Å². The van der Waals surface area contributed by atoms with Crippen LogP contribution in [0.3, 0.4) is 0 Å². The number of rotatable bonds is 1. The van der Waals surface area contributed by atoms with Crippen molar-refractivity contribution >= 4 is 22.5 Å². The van der Waals surface area contributed by atoms with Gasteiger partial charge in [-0.25, -0.2) is 9.97 Å². The summed E-state index contributed by atoms with van der Waals surface area (Å²) in [6.07, 6.45) is -3.93. The Bertz CT molecular complexity index is 525. The van der Waals surface area contributed by atoms with E-state index in [-0.39, 0.29) is 10.7 Å². The van der Waals surface area contributed by atoms with Gasteiger partial charge in [-0.2, -0.15) is 13.2 Å². The van der Waals surface area contributed by atoms with Crippen LogP contribution in [-0.4, -0.2) is 16.1 Å². The van der Waals surface area contributed by atoms with Crippen molar-refractivity contribution in [3.8, 4) is 0 Å². The summed E-state index contributed by atoms with van der Waals surface area (Å²) in [5, 5.41) is 0.597. The van der Waals surface area contributed by atoms with E-state index >= 15 is 0 Å². The first kappa shape index (κ1) is 11.1. The Labute approximate surface area is 94.1 Å². The highest BCUT2D eigenvalue weighted by molar-refractivity contribution is 6.34. The molecule has 0 aliphatic rings. The molecule has 0 saturated heterocycles. The van der Waals surface area contributed by atoms with Crippen molar-refractivity contribution in [3.05, 3.63) is 35.2 Å². The average Bonchev–Trinajstić information content (AvgIpc) is 2.17. The molecule has 2 nitrogen and oxygen atoms in total. The lowest BCUT2D eigenvalue weighted by atomic mass is 10.1. The number of fused-ring (bicyclic) bond motifs is 1. The third-order valence-electron chi connectivity index (χ3n) is 2.06. The lowest BCUT2D eigenvalue weighted by Crippen LogP contribution is -2.11. The second-order valence-corrected chi connectivity index (χ2v) is 3.67. The maximum atomic E-state index is 12.2. The van der Waals surface area contributed by atoms with E-state index in [0.29, 0.717) is 10.9 Å². The maximum absolute atomic E-state index is 12.2. The molecule has 2 rings (SSSR count). The molecular formula is C10H6ClF3N2. The lowest BCUT2D eigenvalue weighted by Gasteiger charge is -2.07. The van der Waals surface area contributed by atoms with Crippen molar-refractivity contribution in [3.63, 3.8) is 0 Å². The summed E-state index contributed by atoms with van der Waals surface area (Å²) in [5.74, 6) is 0. The Morgan fingerprint density at radius 1 is 1.19 bits per heavy atom. The SMILES string of the molecule is FC(F)(F)Cc1ccc2ncnc(Cl)c2c1. The van der Waals surface area contributed by atoms with E-state index < -0.39 is 12.6 Å². The van der Waals surface area contributed by atoms with Crippen LogP contribution in [0, 0.1) is 0 Å². The van der Waals surface area contributed by atoms with Crippen LogP contribution in [0.25, 0.3) is 10.9 Å². The van der Waals surface area contributed by atoms with Gasteiger partial charge in [0.2, 0.25) is 0 Å². The van der Waals surface area contributed by atoms with Crippen molar-refractivity contribution in [2.24, 2.45) is 0 Å². The topological polar surface area (TPSA) is 25.8 Å². The molecule has 0 amide bonds. The molecule has 1 aromatic heterocycles. The number of hydrogen-bond donors (Lipinski definition) is 0. The molecule has 0 spiro atoms. The Kier molecular flexibility index (Phi) is 2.71. The lowest BCUT2D eigenvalue weighted by molar-refractivity contribution is -0.127. The minimum atomic E-state index is -4.23. The Morgan fingerprint density at radius 2 is 1.94 bits per heavy atom. The van der Waals surface area contributed by atoms with Crippen LogP contribution >= 0.6 is 11.6 Å². The largest absolute Gasteiger partial charge is 0.393 e. The summed E-state index contributed by atoms with van der Waals surface area (Å²) >= 11 is 5.77. The highest BCUT2D eigenvalue weighted by atomic mass is 35.5. The fraction of sp³-hybridized carbons (Fsp3) is 0.200. The molecule has 0 bridgehead atoms. The number of aromatic nitrogens is 2. The van der Waals surface area contributed by atoms with Crippen LogP contribution in [0.15, 0.2) is 24.5 Å². The first-order valence-corrected chi connectivity index (χ1v) is 4.79. The molecular weight excluding hydrogens is 241 g/mol. The quantitative estimate of drug-likeness (QED) is 0.721. The fourth-order valence-corrected chi connectivity index (χ4v) is 1.61. The molecule has 0 radical (unpaired) electrons. The summed E-state index contributed by atoms with van der Waals surface area (Å²) in [5.41, 5.74) is 0.683.